The molecule has 1 fully saturated rings. The maximum atomic E-state index is 11.1. The topological polar surface area (TPSA) is 89.1 Å². The first kappa shape index (κ1) is 12.3. The molecule has 1 saturated carbocycles. The second-order valence-electron chi connectivity index (χ2n) is 4.33. The van der Waals surface area contributed by atoms with E-state index in [1.165, 1.54) is 11.8 Å². The van der Waals surface area contributed by atoms with Crippen LogP contribution >= 0.6 is 11.8 Å². The van der Waals surface area contributed by atoms with Crippen molar-refractivity contribution in [3.8, 4) is 0 Å². The highest BCUT2D eigenvalue weighted by Gasteiger charge is 2.39. The molecule has 17 heavy (non-hydrogen) atoms. The summed E-state index contributed by atoms with van der Waals surface area (Å²) in [5.74, 6) is -0.906. The number of aromatic nitrogens is 2. The summed E-state index contributed by atoms with van der Waals surface area (Å²) in [5, 5.41) is 9.99. The molecule has 2 rings (SSSR count). The van der Waals surface area contributed by atoms with Gasteiger partial charge in [0.1, 0.15) is 5.54 Å². The molecule has 1 aliphatic rings. The predicted octanol–water partition coefficient (Wildman–Crippen LogP) is 1.29. The molecule has 1 aromatic rings. The zero-order valence-corrected chi connectivity index (χ0v) is 10.2. The lowest BCUT2D eigenvalue weighted by atomic mass is 9.82. The van der Waals surface area contributed by atoms with Crippen molar-refractivity contribution in [2.24, 2.45) is 5.73 Å². The average molecular weight is 253 g/mol. The highest BCUT2D eigenvalue weighted by Crippen LogP contribution is 2.35. The van der Waals surface area contributed by atoms with Crippen LogP contribution in [0, 0.1) is 0 Å². The molecule has 0 amide bonds. The van der Waals surface area contributed by atoms with E-state index in [4.69, 9.17) is 10.8 Å². The minimum atomic E-state index is -1.08. The second kappa shape index (κ2) is 5.01. The van der Waals surface area contributed by atoms with E-state index in [-0.39, 0.29) is 5.25 Å². The van der Waals surface area contributed by atoms with Crippen LogP contribution in [0.15, 0.2) is 23.6 Å². The van der Waals surface area contributed by atoms with Crippen LogP contribution in [0.4, 0.5) is 0 Å². The van der Waals surface area contributed by atoms with E-state index >= 15 is 0 Å². The van der Waals surface area contributed by atoms with Gasteiger partial charge in [-0.1, -0.05) is 11.8 Å². The number of carbonyl (C=O) groups is 1. The number of hydrogen-bond acceptors (Lipinski definition) is 5. The van der Waals surface area contributed by atoms with E-state index in [0.717, 1.165) is 12.8 Å². The van der Waals surface area contributed by atoms with Gasteiger partial charge in [-0.25, -0.2) is 9.97 Å². The Labute approximate surface area is 104 Å². The molecule has 0 aliphatic heterocycles. The van der Waals surface area contributed by atoms with E-state index in [2.05, 4.69) is 9.97 Å². The summed E-state index contributed by atoms with van der Waals surface area (Å²) in [6.07, 6.45) is 6.21. The summed E-state index contributed by atoms with van der Waals surface area (Å²) in [7, 11) is 0. The van der Waals surface area contributed by atoms with E-state index in [1.54, 1.807) is 18.5 Å². The molecule has 0 bridgehead atoms. The van der Waals surface area contributed by atoms with Gasteiger partial charge in [-0.15, -0.1) is 0 Å². The van der Waals surface area contributed by atoms with Crippen LogP contribution < -0.4 is 5.73 Å². The zero-order valence-electron chi connectivity index (χ0n) is 9.37. The smallest absolute Gasteiger partial charge is 0.323 e. The van der Waals surface area contributed by atoms with Crippen LogP contribution in [0.25, 0.3) is 0 Å². The minimum Gasteiger partial charge on any atom is -0.480 e. The monoisotopic (exact) mass is 253 g/mol. The molecular formula is C11H15N3O2S. The minimum absolute atomic E-state index is 0.187. The van der Waals surface area contributed by atoms with Crippen LogP contribution in [-0.4, -0.2) is 31.8 Å². The molecule has 1 aromatic heterocycles. The number of rotatable bonds is 3. The van der Waals surface area contributed by atoms with Gasteiger partial charge in [-0.2, -0.15) is 0 Å². The van der Waals surface area contributed by atoms with Gasteiger partial charge in [0, 0.05) is 17.6 Å². The Morgan fingerprint density at radius 3 is 2.88 bits per heavy atom. The second-order valence-corrected chi connectivity index (χ2v) is 5.60. The molecule has 2 atom stereocenters. The van der Waals surface area contributed by atoms with Crippen molar-refractivity contribution in [1.29, 1.82) is 0 Å². The Hall–Kier alpha value is -1.14. The number of carboxylic acid groups (broad SMARTS) is 1. The van der Waals surface area contributed by atoms with Crippen LogP contribution in [0.3, 0.4) is 0 Å². The van der Waals surface area contributed by atoms with Gasteiger partial charge in [0.25, 0.3) is 0 Å². The lowest BCUT2D eigenvalue weighted by Crippen LogP contribution is -2.51. The SMILES string of the molecule is NC1(C(=O)O)CCCC(Sc2ncccn2)C1. The molecule has 2 unspecified atom stereocenters. The predicted molar refractivity (Wildman–Crippen MR) is 64.7 cm³/mol. The molecule has 0 saturated heterocycles. The first-order chi connectivity index (χ1) is 8.10. The van der Waals surface area contributed by atoms with Gasteiger partial charge in [-0.3, -0.25) is 4.79 Å². The van der Waals surface area contributed by atoms with Gasteiger partial charge < -0.3 is 10.8 Å². The first-order valence-electron chi connectivity index (χ1n) is 5.56. The molecule has 1 heterocycles. The Balaban J connectivity index is 2.01. The van der Waals surface area contributed by atoms with E-state index in [1.807, 2.05) is 0 Å². The third-order valence-corrected chi connectivity index (χ3v) is 4.14. The molecule has 0 spiro atoms. The Bertz CT molecular complexity index is 401. The van der Waals surface area contributed by atoms with Crippen LogP contribution in [0.2, 0.25) is 0 Å². The number of carboxylic acids is 1. The molecule has 0 aromatic carbocycles. The number of nitrogens with two attached hydrogens (primary N) is 1. The van der Waals surface area contributed by atoms with Crippen molar-refractivity contribution in [3.05, 3.63) is 18.5 Å². The first-order valence-corrected chi connectivity index (χ1v) is 6.44. The van der Waals surface area contributed by atoms with Crippen molar-refractivity contribution in [3.63, 3.8) is 0 Å². The Morgan fingerprint density at radius 2 is 2.24 bits per heavy atom. The highest BCUT2D eigenvalue weighted by atomic mass is 32.2. The van der Waals surface area contributed by atoms with Crippen molar-refractivity contribution in [2.75, 3.05) is 0 Å². The highest BCUT2D eigenvalue weighted by molar-refractivity contribution is 7.99. The largest absolute Gasteiger partial charge is 0.480 e. The molecule has 1 aliphatic carbocycles. The molecular weight excluding hydrogens is 238 g/mol. The van der Waals surface area contributed by atoms with Gasteiger partial charge in [-0.05, 0) is 31.7 Å². The van der Waals surface area contributed by atoms with E-state index in [0.29, 0.717) is 18.0 Å². The van der Waals surface area contributed by atoms with Gasteiger partial charge in [0.05, 0.1) is 0 Å². The average Bonchev–Trinajstić information content (AvgIpc) is 2.30. The lowest BCUT2D eigenvalue weighted by molar-refractivity contribution is -0.144. The molecule has 0 radical (unpaired) electrons. The van der Waals surface area contributed by atoms with Gasteiger partial charge in [0.15, 0.2) is 5.16 Å². The van der Waals surface area contributed by atoms with E-state index in [9.17, 15) is 4.79 Å². The third-order valence-electron chi connectivity index (χ3n) is 2.98. The van der Waals surface area contributed by atoms with Crippen molar-refractivity contribution in [2.45, 2.75) is 41.6 Å². The zero-order chi connectivity index (χ0) is 12.3. The summed E-state index contributed by atoms with van der Waals surface area (Å²) in [6, 6.07) is 1.76. The standard InChI is InChI=1S/C11H15N3O2S/c12-11(9(15)16)4-1-3-8(7-11)17-10-13-5-2-6-14-10/h2,5-6,8H,1,3-4,7,12H2,(H,15,16). The third kappa shape index (κ3) is 2.95. The summed E-state index contributed by atoms with van der Waals surface area (Å²) >= 11 is 1.52. The number of nitrogens with zero attached hydrogens (tertiary/aromatic N) is 2. The van der Waals surface area contributed by atoms with Gasteiger partial charge >= 0.3 is 5.97 Å². The summed E-state index contributed by atoms with van der Waals surface area (Å²) in [6.45, 7) is 0. The summed E-state index contributed by atoms with van der Waals surface area (Å²) in [4.78, 5) is 19.4. The van der Waals surface area contributed by atoms with Crippen LogP contribution in [0.1, 0.15) is 25.7 Å². The van der Waals surface area contributed by atoms with Crippen molar-refractivity contribution < 1.29 is 9.90 Å². The summed E-state index contributed by atoms with van der Waals surface area (Å²) in [5.41, 5.74) is 4.81. The van der Waals surface area contributed by atoms with Crippen molar-refractivity contribution >= 4 is 17.7 Å². The van der Waals surface area contributed by atoms with Gasteiger partial charge in [0.2, 0.25) is 0 Å². The Kier molecular flexibility index (Phi) is 3.63. The van der Waals surface area contributed by atoms with Crippen LogP contribution in [-0.2, 0) is 4.79 Å². The fourth-order valence-electron chi connectivity index (χ4n) is 2.05. The maximum Gasteiger partial charge on any atom is 0.323 e. The quantitative estimate of drug-likeness (QED) is 0.789. The lowest BCUT2D eigenvalue weighted by Gasteiger charge is -2.33. The van der Waals surface area contributed by atoms with Crippen molar-refractivity contribution in [1.82, 2.24) is 9.97 Å². The summed E-state index contributed by atoms with van der Waals surface area (Å²) < 4.78 is 0. The molecule has 5 nitrogen and oxygen atoms in total. The Morgan fingerprint density at radius 1 is 1.53 bits per heavy atom. The number of hydrogen-bond donors (Lipinski definition) is 2. The van der Waals surface area contributed by atoms with E-state index < -0.39 is 11.5 Å². The molecule has 92 valence electrons. The fraction of sp³-hybridized carbons (Fsp3) is 0.545. The maximum absolute atomic E-state index is 11.1. The fourth-order valence-corrected chi connectivity index (χ4v) is 3.25. The normalized spacial score (nSPS) is 28.9. The molecule has 3 N–H and O–H groups in total. The number of aliphatic carboxylic acids is 1. The molecule has 6 heteroatoms. The number of thioether (sulfide) groups is 1. The van der Waals surface area contributed by atoms with Crippen LogP contribution in [0.5, 0.6) is 0 Å².